The maximum Gasteiger partial charge on any atom is 0.255 e. The molecule has 6 heteroatoms. The second-order valence-electron chi connectivity index (χ2n) is 7.71. The lowest BCUT2D eigenvalue weighted by Crippen LogP contribution is -2.33. The Morgan fingerprint density at radius 1 is 1.00 bits per heavy atom. The molecule has 0 unspecified atom stereocenters. The molecule has 1 saturated heterocycles. The number of piperidine rings is 1. The fourth-order valence-corrected chi connectivity index (χ4v) is 3.66. The van der Waals surface area contributed by atoms with Crippen molar-refractivity contribution in [3.8, 4) is 5.75 Å². The van der Waals surface area contributed by atoms with Crippen molar-refractivity contribution in [3.05, 3.63) is 53.6 Å². The van der Waals surface area contributed by atoms with Gasteiger partial charge in [-0.15, -0.1) is 0 Å². The van der Waals surface area contributed by atoms with E-state index in [1.165, 1.54) is 6.42 Å². The fraction of sp³-hybridized carbons (Fsp3) is 0.391. The molecule has 0 aromatic heterocycles. The van der Waals surface area contributed by atoms with Crippen LogP contribution in [0.2, 0.25) is 0 Å². The average molecular weight is 393 g/mol. The zero-order valence-corrected chi connectivity index (χ0v) is 16.7. The molecule has 1 saturated carbocycles. The van der Waals surface area contributed by atoms with E-state index in [-0.39, 0.29) is 17.9 Å². The summed E-state index contributed by atoms with van der Waals surface area (Å²) in [5, 5.41) is 5.99. The SMILES string of the molecule is COc1cccc(C(=O)Nc2ccc(N3CCCCC3)c(C(=O)NC3CC3)c2)c1. The summed E-state index contributed by atoms with van der Waals surface area (Å²) in [5.74, 6) is 0.330. The Morgan fingerprint density at radius 3 is 2.52 bits per heavy atom. The average Bonchev–Trinajstić information content (AvgIpc) is 3.58. The second kappa shape index (κ2) is 8.55. The first-order chi connectivity index (χ1) is 14.1. The van der Waals surface area contributed by atoms with Gasteiger partial charge in [0.25, 0.3) is 11.8 Å². The molecule has 2 aliphatic rings. The summed E-state index contributed by atoms with van der Waals surface area (Å²) in [4.78, 5) is 27.8. The van der Waals surface area contributed by atoms with Crippen molar-refractivity contribution < 1.29 is 14.3 Å². The number of nitrogens with one attached hydrogen (secondary N) is 2. The molecule has 0 bridgehead atoms. The Hall–Kier alpha value is -3.02. The van der Waals surface area contributed by atoms with Crippen LogP contribution >= 0.6 is 0 Å². The van der Waals surface area contributed by atoms with Crippen molar-refractivity contribution in [2.24, 2.45) is 0 Å². The van der Waals surface area contributed by atoms with Crippen molar-refractivity contribution in [2.45, 2.75) is 38.1 Å². The van der Waals surface area contributed by atoms with Crippen LogP contribution < -0.4 is 20.3 Å². The first kappa shape index (κ1) is 19.3. The molecule has 152 valence electrons. The number of carbonyl (C=O) groups excluding carboxylic acids is 2. The molecule has 6 nitrogen and oxygen atoms in total. The Labute approximate surface area is 171 Å². The van der Waals surface area contributed by atoms with Crippen LogP contribution in [0.3, 0.4) is 0 Å². The van der Waals surface area contributed by atoms with E-state index in [0.29, 0.717) is 22.6 Å². The topological polar surface area (TPSA) is 70.7 Å². The molecule has 2 amide bonds. The summed E-state index contributed by atoms with van der Waals surface area (Å²) in [6, 6.07) is 12.9. The molecular weight excluding hydrogens is 366 g/mol. The van der Waals surface area contributed by atoms with E-state index in [1.807, 2.05) is 12.1 Å². The van der Waals surface area contributed by atoms with E-state index in [0.717, 1.165) is 44.5 Å². The minimum atomic E-state index is -0.233. The van der Waals surface area contributed by atoms with E-state index in [2.05, 4.69) is 15.5 Å². The highest BCUT2D eigenvalue weighted by molar-refractivity contribution is 6.06. The maximum absolute atomic E-state index is 12.9. The van der Waals surface area contributed by atoms with Crippen molar-refractivity contribution in [1.82, 2.24) is 5.32 Å². The first-order valence-electron chi connectivity index (χ1n) is 10.3. The zero-order valence-electron chi connectivity index (χ0n) is 16.7. The predicted octanol–water partition coefficient (Wildman–Crippen LogP) is 3.83. The van der Waals surface area contributed by atoms with Crippen molar-refractivity contribution >= 4 is 23.2 Å². The largest absolute Gasteiger partial charge is 0.497 e. The molecule has 2 N–H and O–H groups in total. The minimum absolute atomic E-state index is 0.0643. The molecule has 4 rings (SSSR count). The number of amides is 2. The monoisotopic (exact) mass is 393 g/mol. The summed E-state index contributed by atoms with van der Waals surface area (Å²) < 4.78 is 5.19. The molecule has 1 aliphatic carbocycles. The number of ether oxygens (including phenoxy) is 1. The lowest BCUT2D eigenvalue weighted by molar-refractivity contribution is 0.0950. The van der Waals surface area contributed by atoms with Crippen LogP contribution in [-0.2, 0) is 0 Å². The maximum atomic E-state index is 12.9. The lowest BCUT2D eigenvalue weighted by atomic mass is 10.1. The molecule has 2 aromatic rings. The van der Waals surface area contributed by atoms with Crippen LogP contribution in [0.1, 0.15) is 52.8 Å². The summed E-state index contributed by atoms with van der Waals surface area (Å²) in [7, 11) is 1.57. The molecule has 0 atom stereocenters. The van der Waals surface area contributed by atoms with Gasteiger partial charge in [0.05, 0.1) is 12.7 Å². The number of methoxy groups -OCH3 is 1. The summed E-state index contributed by atoms with van der Waals surface area (Å²) in [6.45, 7) is 1.92. The third-order valence-electron chi connectivity index (χ3n) is 5.44. The number of rotatable bonds is 6. The number of carbonyl (C=O) groups is 2. The smallest absolute Gasteiger partial charge is 0.255 e. The van der Waals surface area contributed by atoms with Gasteiger partial charge in [-0.3, -0.25) is 9.59 Å². The highest BCUT2D eigenvalue weighted by Gasteiger charge is 2.26. The fourth-order valence-electron chi connectivity index (χ4n) is 3.66. The van der Waals surface area contributed by atoms with Gasteiger partial charge in [-0.05, 0) is 68.5 Å². The summed E-state index contributed by atoms with van der Waals surface area (Å²) in [5.41, 5.74) is 2.69. The normalized spacial score (nSPS) is 16.2. The van der Waals surface area contributed by atoms with Crippen LogP contribution in [0.5, 0.6) is 5.75 Å². The Bertz CT molecular complexity index is 902. The standard InChI is InChI=1S/C23H27N3O3/c1-29-19-7-5-6-16(14-19)22(27)25-18-10-11-21(26-12-3-2-4-13-26)20(15-18)23(28)24-17-8-9-17/h5-7,10-11,14-15,17H,2-4,8-9,12-13H2,1H3,(H,24,28)(H,25,27). The molecule has 0 spiro atoms. The van der Waals surface area contributed by atoms with Gasteiger partial charge in [0.15, 0.2) is 0 Å². The molecule has 2 fully saturated rings. The second-order valence-corrected chi connectivity index (χ2v) is 7.71. The number of benzene rings is 2. The Balaban J connectivity index is 1.58. The van der Waals surface area contributed by atoms with Crippen LogP contribution in [-0.4, -0.2) is 38.1 Å². The third kappa shape index (κ3) is 4.70. The van der Waals surface area contributed by atoms with Crippen LogP contribution in [0, 0.1) is 0 Å². The van der Waals surface area contributed by atoms with Gasteiger partial charge in [0.2, 0.25) is 0 Å². The summed E-state index contributed by atoms with van der Waals surface area (Å²) in [6.07, 6.45) is 5.58. The molecule has 2 aromatic carbocycles. The first-order valence-corrected chi connectivity index (χ1v) is 10.3. The van der Waals surface area contributed by atoms with E-state index in [4.69, 9.17) is 4.74 Å². The quantitative estimate of drug-likeness (QED) is 0.783. The Kier molecular flexibility index (Phi) is 5.69. The molecular formula is C23H27N3O3. The molecule has 0 radical (unpaired) electrons. The zero-order chi connectivity index (χ0) is 20.2. The number of hydrogen-bond donors (Lipinski definition) is 2. The highest BCUT2D eigenvalue weighted by Crippen LogP contribution is 2.29. The van der Waals surface area contributed by atoms with Crippen LogP contribution in [0.25, 0.3) is 0 Å². The van der Waals surface area contributed by atoms with Gasteiger partial charge in [-0.1, -0.05) is 6.07 Å². The van der Waals surface area contributed by atoms with Gasteiger partial charge in [0, 0.05) is 36.1 Å². The van der Waals surface area contributed by atoms with Gasteiger partial charge >= 0.3 is 0 Å². The van der Waals surface area contributed by atoms with Crippen LogP contribution in [0.15, 0.2) is 42.5 Å². The van der Waals surface area contributed by atoms with Gasteiger partial charge in [-0.25, -0.2) is 0 Å². The minimum Gasteiger partial charge on any atom is -0.497 e. The van der Waals surface area contributed by atoms with Crippen LogP contribution in [0.4, 0.5) is 11.4 Å². The lowest BCUT2D eigenvalue weighted by Gasteiger charge is -2.30. The predicted molar refractivity (Wildman–Crippen MR) is 114 cm³/mol. The third-order valence-corrected chi connectivity index (χ3v) is 5.44. The van der Waals surface area contributed by atoms with E-state index in [1.54, 1.807) is 37.4 Å². The van der Waals surface area contributed by atoms with Crippen molar-refractivity contribution in [3.63, 3.8) is 0 Å². The van der Waals surface area contributed by atoms with Gasteiger partial charge < -0.3 is 20.3 Å². The van der Waals surface area contributed by atoms with E-state index >= 15 is 0 Å². The Morgan fingerprint density at radius 2 is 1.79 bits per heavy atom. The van der Waals surface area contributed by atoms with E-state index < -0.39 is 0 Å². The highest BCUT2D eigenvalue weighted by atomic mass is 16.5. The van der Waals surface area contributed by atoms with Gasteiger partial charge in [0.1, 0.15) is 5.75 Å². The summed E-state index contributed by atoms with van der Waals surface area (Å²) >= 11 is 0. The van der Waals surface area contributed by atoms with Gasteiger partial charge in [-0.2, -0.15) is 0 Å². The van der Waals surface area contributed by atoms with Crippen molar-refractivity contribution in [1.29, 1.82) is 0 Å². The van der Waals surface area contributed by atoms with Crippen molar-refractivity contribution in [2.75, 3.05) is 30.4 Å². The van der Waals surface area contributed by atoms with E-state index in [9.17, 15) is 9.59 Å². The number of nitrogens with zero attached hydrogens (tertiary/aromatic N) is 1. The molecule has 1 aliphatic heterocycles. The number of hydrogen-bond acceptors (Lipinski definition) is 4. The number of anilines is 2. The molecule has 1 heterocycles. The molecule has 29 heavy (non-hydrogen) atoms.